The molecule has 0 fully saturated rings. The normalized spacial score (nSPS) is 14.0. The van der Waals surface area contributed by atoms with Gasteiger partial charge in [0.05, 0.1) is 26.4 Å². The predicted molar refractivity (Wildman–Crippen MR) is 432 cm³/mol. The zero-order valence-electron chi connectivity index (χ0n) is 68.9. The van der Waals surface area contributed by atoms with Crippen molar-refractivity contribution in [1.29, 1.82) is 0 Å². The second kappa shape index (κ2) is 78.7. The molecule has 624 valence electrons. The molecular weight excluding hydrogens is 1370 g/mol. The summed E-state index contributed by atoms with van der Waals surface area (Å²) < 4.78 is 68.6. The highest BCUT2D eigenvalue weighted by Crippen LogP contribution is 2.45. The van der Waals surface area contributed by atoms with Gasteiger partial charge in [-0.1, -0.05) is 413 Å². The molecule has 0 saturated carbocycles. The molecular formula is C86H168O17P2. The van der Waals surface area contributed by atoms with E-state index in [9.17, 15) is 43.2 Å². The van der Waals surface area contributed by atoms with Gasteiger partial charge in [0.2, 0.25) is 0 Å². The second-order valence-corrected chi connectivity index (χ2v) is 34.1. The van der Waals surface area contributed by atoms with Crippen molar-refractivity contribution in [1.82, 2.24) is 0 Å². The molecule has 19 heteroatoms. The Bertz CT molecular complexity index is 2000. The highest BCUT2D eigenvalue weighted by molar-refractivity contribution is 7.47. The van der Waals surface area contributed by atoms with Crippen LogP contribution in [-0.4, -0.2) is 96.7 Å². The molecule has 0 aromatic heterocycles. The van der Waals surface area contributed by atoms with E-state index in [0.717, 1.165) is 102 Å². The summed E-state index contributed by atoms with van der Waals surface area (Å²) in [6.07, 6.45) is 72.8. The fourth-order valence-electron chi connectivity index (χ4n) is 13.4. The lowest BCUT2D eigenvalue weighted by atomic mass is 9.99. The molecule has 0 radical (unpaired) electrons. The number of hydrogen-bond donors (Lipinski definition) is 3. The molecule has 0 aliphatic rings. The van der Waals surface area contributed by atoms with Crippen LogP contribution in [0.5, 0.6) is 0 Å². The van der Waals surface area contributed by atoms with Gasteiger partial charge >= 0.3 is 39.5 Å². The summed E-state index contributed by atoms with van der Waals surface area (Å²) in [6.45, 7) is 7.34. The minimum atomic E-state index is -4.96. The van der Waals surface area contributed by atoms with Gasteiger partial charge in [-0.05, 0) is 31.6 Å². The standard InChI is InChI=1S/C86H168O17P2/c1-6-10-13-16-18-20-22-24-26-28-30-31-36-39-43-47-51-55-60-65-70-84(89)97-76-82(103-86(91)72-67-62-57-53-49-45-41-37-33-32-34-38-42-46-50-54-59-63-68-79(5)9-4)78-101-105(94,95)99-74-80(87)73-98-104(92,93)100-77-81(75-96-83(88)69-64-58-15-12-8-3)102-85(90)71-66-61-56-52-48-44-40-35-29-27-25-23-21-19-17-14-11-7-2/h79-82,87H,6-78H2,1-5H3,(H,92,93)(H,94,95)/t79?,80-,81+,82+/m0/s1. The molecule has 0 amide bonds. The van der Waals surface area contributed by atoms with Gasteiger partial charge < -0.3 is 33.8 Å². The van der Waals surface area contributed by atoms with E-state index >= 15 is 0 Å². The van der Waals surface area contributed by atoms with Gasteiger partial charge in [-0.2, -0.15) is 0 Å². The maximum absolute atomic E-state index is 13.1. The van der Waals surface area contributed by atoms with Crippen molar-refractivity contribution >= 4 is 39.5 Å². The summed E-state index contributed by atoms with van der Waals surface area (Å²) in [4.78, 5) is 72.9. The SMILES string of the molecule is CCCCCCCCCCCCCCCCCCCCCCC(=O)OC[C@H](COP(=O)(O)OC[C@@H](O)COP(=O)(O)OC[C@@H](COC(=O)CCCCCCC)OC(=O)CCCCCCCCCCCCCCCCCCCC)OC(=O)CCCCCCCCCCCCCCCCCCCCC(C)CC. The lowest BCUT2D eigenvalue weighted by Gasteiger charge is -2.21. The molecule has 105 heavy (non-hydrogen) atoms. The van der Waals surface area contributed by atoms with Gasteiger partial charge in [0.15, 0.2) is 12.2 Å². The molecule has 17 nitrogen and oxygen atoms in total. The molecule has 0 aromatic rings. The minimum Gasteiger partial charge on any atom is -0.462 e. The Morgan fingerprint density at radius 3 is 0.676 bits per heavy atom. The van der Waals surface area contributed by atoms with E-state index in [1.807, 2.05) is 0 Å². The lowest BCUT2D eigenvalue weighted by Crippen LogP contribution is -2.30. The van der Waals surface area contributed by atoms with Crippen LogP contribution in [0.25, 0.3) is 0 Å². The smallest absolute Gasteiger partial charge is 0.462 e. The summed E-state index contributed by atoms with van der Waals surface area (Å²) in [5.74, 6) is -1.24. The fraction of sp³-hybridized carbons (Fsp3) is 0.953. The average Bonchev–Trinajstić information content (AvgIpc) is 0.942. The van der Waals surface area contributed by atoms with E-state index in [1.54, 1.807) is 0 Å². The largest absolute Gasteiger partial charge is 0.472 e. The number of unbranched alkanes of at least 4 members (excludes halogenated alkanes) is 57. The maximum Gasteiger partial charge on any atom is 0.472 e. The van der Waals surface area contributed by atoms with Crippen molar-refractivity contribution in [3.05, 3.63) is 0 Å². The Balaban J connectivity index is 5.10. The van der Waals surface area contributed by atoms with Crippen molar-refractivity contribution in [3.63, 3.8) is 0 Å². The minimum absolute atomic E-state index is 0.108. The molecule has 0 bridgehead atoms. The van der Waals surface area contributed by atoms with Gasteiger partial charge in [0.25, 0.3) is 0 Å². The summed E-state index contributed by atoms with van der Waals surface area (Å²) in [5, 5.41) is 10.6. The number of phosphoric acid groups is 2. The summed E-state index contributed by atoms with van der Waals surface area (Å²) in [7, 11) is -9.92. The quantitative estimate of drug-likeness (QED) is 0.0222. The lowest BCUT2D eigenvalue weighted by molar-refractivity contribution is -0.161. The third-order valence-electron chi connectivity index (χ3n) is 20.6. The Kier molecular flexibility index (Phi) is 77.3. The van der Waals surface area contributed by atoms with Crippen molar-refractivity contribution in [3.8, 4) is 0 Å². The number of aliphatic hydroxyl groups is 1. The van der Waals surface area contributed by atoms with Gasteiger partial charge in [-0.25, -0.2) is 9.13 Å². The van der Waals surface area contributed by atoms with Crippen LogP contribution in [-0.2, 0) is 65.4 Å². The number of phosphoric ester groups is 2. The molecule has 0 aliphatic carbocycles. The Hall–Kier alpha value is -1.94. The zero-order valence-corrected chi connectivity index (χ0v) is 70.7. The molecule has 0 rings (SSSR count). The molecule has 0 saturated heterocycles. The van der Waals surface area contributed by atoms with Crippen molar-refractivity contribution in [2.24, 2.45) is 5.92 Å². The number of ether oxygens (including phenoxy) is 4. The highest BCUT2D eigenvalue weighted by Gasteiger charge is 2.30. The monoisotopic (exact) mass is 1540 g/mol. The van der Waals surface area contributed by atoms with Crippen LogP contribution in [0.3, 0.4) is 0 Å². The summed E-state index contributed by atoms with van der Waals surface area (Å²) >= 11 is 0. The Morgan fingerprint density at radius 2 is 0.457 bits per heavy atom. The van der Waals surface area contributed by atoms with E-state index in [-0.39, 0.29) is 25.7 Å². The predicted octanol–water partition coefficient (Wildman–Crippen LogP) is 26.4. The number of esters is 4. The van der Waals surface area contributed by atoms with Crippen LogP contribution in [0.15, 0.2) is 0 Å². The molecule has 0 aromatic carbocycles. The first kappa shape index (κ1) is 103. The highest BCUT2D eigenvalue weighted by atomic mass is 31.2. The first-order chi connectivity index (χ1) is 51.1. The fourth-order valence-corrected chi connectivity index (χ4v) is 15.0. The van der Waals surface area contributed by atoms with Gasteiger partial charge in [0, 0.05) is 25.7 Å². The molecule has 3 N–H and O–H groups in total. The molecule has 0 heterocycles. The van der Waals surface area contributed by atoms with Crippen LogP contribution >= 0.6 is 15.6 Å². The van der Waals surface area contributed by atoms with Gasteiger partial charge in [0.1, 0.15) is 19.3 Å². The van der Waals surface area contributed by atoms with Crippen molar-refractivity contribution in [2.75, 3.05) is 39.6 Å². The van der Waals surface area contributed by atoms with E-state index in [4.69, 9.17) is 37.0 Å². The molecule has 3 unspecified atom stereocenters. The Morgan fingerprint density at radius 1 is 0.267 bits per heavy atom. The van der Waals surface area contributed by atoms with Crippen molar-refractivity contribution < 1.29 is 80.2 Å². The van der Waals surface area contributed by atoms with Crippen LogP contribution < -0.4 is 0 Å². The van der Waals surface area contributed by atoms with E-state index in [0.29, 0.717) is 25.7 Å². The van der Waals surface area contributed by atoms with Crippen LogP contribution in [0.2, 0.25) is 0 Å². The van der Waals surface area contributed by atoms with Crippen LogP contribution in [0.1, 0.15) is 465 Å². The topological polar surface area (TPSA) is 237 Å². The number of aliphatic hydroxyl groups excluding tert-OH is 1. The van der Waals surface area contributed by atoms with Crippen molar-refractivity contribution in [2.45, 2.75) is 483 Å². The summed E-state index contributed by atoms with van der Waals surface area (Å²) in [6, 6.07) is 0. The third kappa shape index (κ3) is 78.5. The Labute approximate surface area is 645 Å². The number of carbonyl (C=O) groups is 4. The summed E-state index contributed by atoms with van der Waals surface area (Å²) in [5.41, 5.74) is 0. The molecule has 0 spiro atoms. The zero-order chi connectivity index (χ0) is 76.9. The maximum atomic E-state index is 13.1. The van der Waals surface area contributed by atoms with Crippen LogP contribution in [0, 0.1) is 5.92 Å². The van der Waals surface area contributed by atoms with E-state index in [2.05, 4.69) is 34.6 Å². The first-order valence-electron chi connectivity index (χ1n) is 44.7. The van der Waals surface area contributed by atoms with Gasteiger partial charge in [-0.3, -0.25) is 37.3 Å². The second-order valence-electron chi connectivity index (χ2n) is 31.2. The van der Waals surface area contributed by atoms with Gasteiger partial charge in [-0.15, -0.1) is 0 Å². The number of carbonyl (C=O) groups excluding carboxylic acids is 4. The van der Waals surface area contributed by atoms with E-state index < -0.39 is 97.5 Å². The first-order valence-corrected chi connectivity index (χ1v) is 47.7. The molecule has 0 aliphatic heterocycles. The number of hydrogen-bond acceptors (Lipinski definition) is 15. The molecule has 6 atom stereocenters. The van der Waals surface area contributed by atoms with E-state index in [1.165, 1.54) is 283 Å². The average molecular weight is 1540 g/mol. The third-order valence-corrected chi connectivity index (χ3v) is 22.5. The number of rotatable bonds is 86. The van der Waals surface area contributed by atoms with Crippen LogP contribution in [0.4, 0.5) is 0 Å².